The Kier molecular flexibility index (Phi) is 2.95. The first kappa shape index (κ1) is 12.2. The lowest BCUT2D eigenvalue weighted by atomic mass is 9.85. The van der Waals surface area contributed by atoms with E-state index in [0.29, 0.717) is 5.54 Å². The zero-order valence-electron chi connectivity index (χ0n) is 11.8. The van der Waals surface area contributed by atoms with Crippen molar-refractivity contribution < 1.29 is 0 Å². The number of hydrogen-bond donors (Lipinski definition) is 0. The van der Waals surface area contributed by atoms with Gasteiger partial charge in [-0.25, -0.2) is 0 Å². The minimum atomic E-state index is 0.371. The van der Waals surface area contributed by atoms with E-state index in [9.17, 15) is 0 Å². The summed E-state index contributed by atoms with van der Waals surface area (Å²) in [5.74, 6) is 1.71. The van der Waals surface area contributed by atoms with Gasteiger partial charge in [-0.15, -0.1) is 0 Å². The van der Waals surface area contributed by atoms with Gasteiger partial charge in [-0.3, -0.25) is 4.90 Å². The van der Waals surface area contributed by atoms with Crippen molar-refractivity contribution in [1.29, 1.82) is 0 Å². The number of hydrogen-bond acceptors (Lipinski definition) is 2. The van der Waals surface area contributed by atoms with Crippen LogP contribution in [0.1, 0.15) is 19.4 Å². The van der Waals surface area contributed by atoms with Gasteiger partial charge in [0.1, 0.15) is 0 Å². The molecule has 0 aliphatic carbocycles. The monoisotopic (exact) mass is 244 g/mol. The first-order chi connectivity index (χ1) is 8.57. The number of rotatable bonds is 2. The Morgan fingerprint density at radius 3 is 2.50 bits per heavy atom. The van der Waals surface area contributed by atoms with Crippen molar-refractivity contribution in [3.05, 3.63) is 35.9 Å². The summed E-state index contributed by atoms with van der Waals surface area (Å²) < 4.78 is 0. The zero-order valence-corrected chi connectivity index (χ0v) is 11.8. The van der Waals surface area contributed by atoms with Gasteiger partial charge >= 0.3 is 0 Å². The van der Waals surface area contributed by atoms with E-state index >= 15 is 0 Å². The molecule has 1 aromatic rings. The highest BCUT2D eigenvalue weighted by molar-refractivity contribution is 5.15. The number of likely N-dealkylation sites (tertiary alicyclic amines) is 2. The molecule has 0 N–H and O–H groups in total. The normalized spacial score (nSPS) is 31.7. The van der Waals surface area contributed by atoms with Crippen molar-refractivity contribution in [3.8, 4) is 0 Å². The lowest BCUT2D eigenvalue weighted by Gasteiger charge is -2.33. The second-order valence-corrected chi connectivity index (χ2v) is 6.58. The maximum atomic E-state index is 2.64. The van der Waals surface area contributed by atoms with Crippen molar-refractivity contribution >= 4 is 0 Å². The summed E-state index contributed by atoms with van der Waals surface area (Å²) in [5, 5.41) is 0. The summed E-state index contributed by atoms with van der Waals surface area (Å²) in [5.41, 5.74) is 1.82. The highest BCUT2D eigenvalue weighted by Gasteiger charge is 2.49. The molecule has 3 rings (SSSR count). The van der Waals surface area contributed by atoms with Crippen LogP contribution < -0.4 is 0 Å². The smallest absolute Gasteiger partial charge is 0.0233 e. The molecule has 1 aromatic carbocycles. The third-order valence-electron chi connectivity index (χ3n) is 5.17. The van der Waals surface area contributed by atoms with E-state index < -0.39 is 0 Å². The Morgan fingerprint density at radius 1 is 1.11 bits per heavy atom. The van der Waals surface area contributed by atoms with Crippen LogP contribution in [-0.4, -0.2) is 42.0 Å². The molecule has 0 spiro atoms. The molecule has 2 fully saturated rings. The topological polar surface area (TPSA) is 6.48 Å². The Balaban J connectivity index is 1.67. The number of nitrogens with zero attached hydrogens (tertiary/aromatic N) is 2. The van der Waals surface area contributed by atoms with Crippen molar-refractivity contribution in [2.75, 3.05) is 26.7 Å². The number of benzene rings is 1. The average Bonchev–Trinajstić information content (AvgIpc) is 2.81. The van der Waals surface area contributed by atoms with Crippen molar-refractivity contribution in [3.63, 3.8) is 0 Å². The minimum Gasteiger partial charge on any atom is -0.301 e. The zero-order chi connectivity index (χ0) is 12.8. The Hall–Kier alpha value is -0.860. The van der Waals surface area contributed by atoms with Gasteiger partial charge < -0.3 is 4.90 Å². The van der Waals surface area contributed by atoms with E-state index in [1.807, 2.05) is 0 Å². The van der Waals surface area contributed by atoms with Gasteiger partial charge in [0, 0.05) is 31.7 Å². The molecule has 2 aliphatic rings. The van der Waals surface area contributed by atoms with Crippen LogP contribution in [0.2, 0.25) is 0 Å². The highest BCUT2D eigenvalue weighted by atomic mass is 15.3. The first-order valence-electron chi connectivity index (χ1n) is 7.05. The average molecular weight is 244 g/mol. The van der Waals surface area contributed by atoms with Crippen LogP contribution in [0.4, 0.5) is 0 Å². The van der Waals surface area contributed by atoms with Crippen LogP contribution in [0.5, 0.6) is 0 Å². The second kappa shape index (κ2) is 4.36. The molecule has 0 amide bonds. The lowest BCUT2D eigenvalue weighted by Crippen LogP contribution is -2.42. The fraction of sp³-hybridized carbons (Fsp3) is 0.625. The molecule has 2 saturated heterocycles. The third-order valence-corrected chi connectivity index (χ3v) is 5.17. The van der Waals surface area contributed by atoms with Crippen molar-refractivity contribution in [1.82, 2.24) is 9.80 Å². The van der Waals surface area contributed by atoms with E-state index in [4.69, 9.17) is 0 Å². The largest absolute Gasteiger partial charge is 0.301 e. The molecule has 98 valence electrons. The molecule has 2 aliphatic heterocycles. The van der Waals surface area contributed by atoms with Gasteiger partial charge in [-0.1, -0.05) is 30.3 Å². The van der Waals surface area contributed by atoms with Crippen molar-refractivity contribution in [2.24, 2.45) is 11.8 Å². The quantitative estimate of drug-likeness (QED) is 0.788. The third kappa shape index (κ3) is 1.98. The van der Waals surface area contributed by atoms with Crippen LogP contribution in [-0.2, 0) is 6.54 Å². The fourth-order valence-corrected chi connectivity index (χ4v) is 3.79. The summed E-state index contributed by atoms with van der Waals surface area (Å²) in [6.07, 6.45) is 0. The van der Waals surface area contributed by atoms with E-state index in [2.05, 4.69) is 61.0 Å². The van der Waals surface area contributed by atoms with Gasteiger partial charge in [0.2, 0.25) is 0 Å². The van der Waals surface area contributed by atoms with Gasteiger partial charge in [0.15, 0.2) is 0 Å². The lowest BCUT2D eigenvalue weighted by molar-refractivity contribution is 0.151. The van der Waals surface area contributed by atoms with E-state index in [1.165, 1.54) is 25.2 Å². The Morgan fingerprint density at radius 2 is 1.83 bits per heavy atom. The van der Waals surface area contributed by atoms with Crippen molar-refractivity contribution in [2.45, 2.75) is 25.9 Å². The van der Waals surface area contributed by atoms with Crippen LogP contribution in [0.3, 0.4) is 0 Å². The van der Waals surface area contributed by atoms with Crippen LogP contribution in [0.15, 0.2) is 30.3 Å². The molecule has 0 aromatic heterocycles. The summed E-state index contributed by atoms with van der Waals surface area (Å²) in [4.78, 5) is 5.18. The summed E-state index contributed by atoms with van der Waals surface area (Å²) in [6, 6.07) is 10.9. The van der Waals surface area contributed by atoms with Crippen LogP contribution in [0, 0.1) is 11.8 Å². The summed E-state index contributed by atoms with van der Waals surface area (Å²) in [7, 11) is 2.28. The molecule has 0 saturated carbocycles. The predicted octanol–water partition coefficient (Wildman–Crippen LogP) is 2.46. The SMILES string of the molecule is CN1CC2CN(Cc3ccccc3)CC2C1(C)C. The molecule has 2 unspecified atom stereocenters. The number of fused-ring (bicyclic) bond motifs is 1. The van der Waals surface area contributed by atoms with E-state index in [1.54, 1.807) is 0 Å². The molecule has 0 bridgehead atoms. The standard InChI is InChI=1S/C16H24N2/c1-16(2)15-12-18(11-14(15)10-17(16)3)9-13-7-5-4-6-8-13/h4-8,14-15H,9-12H2,1-3H3. The molecular weight excluding hydrogens is 220 g/mol. The Bertz CT molecular complexity index is 412. The van der Waals surface area contributed by atoms with E-state index in [-0.39, 0.29) is 0 Å². The fourth-order valence-electron chi connectivity index (χ4n) is 3.79. The maximum absolute atomic E-state index is 2.64. The van der Waals surface area contributed by atoms with Crippen LogP contribution >= 0.6 is 0 Å². The molecule has 2 heterocycles. The first-order valence-corrected chi connectivity index (χ1v) is 7.05. The van der Waals surface area contributed by atoms with Gasteiger partial charge in [-0.05, 0) is 38.3 Å². The predicted molar refractivity (Wildman–Crippen MR) is 75.4 cm³/mol. The minimum absolute atomic E-state index is 0.371. The molecule has 2 nitrogen and oxygen atoms in total. The molecule has 2 heteroatoms. The van der Waals surface area contributed by atoms with E-state index in [0.717, 1.165) is 18.4 Å². The van der Waals surface area contributed by atoms with Crippen LogP contribution in [0.25, 0.3) is 0 Å². The molecule has 0 radical (unpaired) electrons. The summed E-state index contributed by atoms with van der Waals surface area (Å²) in [6.45, 7) is 9.73. The van der Waals surface area contributed by atoms with Gasteiger partial charge in [-0.2, -0.15) is 0 Å². The second-order valence-electron chi connectivity index (χ2n) is 6.58. The maximum Gasteiger partial charge on any atom is 0.0233 e. The highest BCUT2D eigenvalue weighted by Crippen LogP contribution is 2.42. The molecule has 2 atom stereocenters. The summed E-state index contributed by atoms with van der Waals surface area (Å²) >= 11 is 0. The molecule has 18 heavy (non-hydrogen) atoms. The molecular formula is C16H24N2. The van der Waals surface area contributed by atoms with Gasteiger partial charge in [0.05, 0.1) is 0 Å². The van der Waals surface area contributed by atoms with Gasteiger partial charge in [0.25, 0.3) is 0 Å². The Labute approximate surface area is 111 Å².